The number of rotatable bonds is 7. The maximum absolute atomic E-state index is 11.9. The Morgan fingerprint density at radius 1 is 1.03 bits per heavy atom. The minimum absolute atomic E-state index is 0.180. The van der Waals surface area contributed by atoms with Crippen molar-refractivity contribution in [3.05, 3.63) is 35.1 Å². The van der Waals surface area contributed by atoms with E-state index in [0.717, 1.165) is 34.3 Å². The van der Waals surface area contributed by atoms with Crippen LogP contribution in [0.5, 0.6) is 5.75 Å². The van der Waals surface area contributed by atoms with E-state index in [4.69, 9.17) is 9.15 Å². The molecule has 0 N–H and O–H groups in total. The van der Waals surface area contributed by atoms with Crippen molar-refractivity contribution in [2.75, 3.05) is 0 Å². The number of esters is 1. The van der Waals surface area contributed by atoms with E-state index in [9.17, 15) is 4.79 Å². The molecule has 1 aromatic heterocycles. The maximum atomic E-state index is 11.9. The molecule has 0 saturated heterocycles. The summed E-state index contributed by atoms with van der Waals surface area (Å²) in [5.41, 5.74) is 2.49. The van der Waals surface area contributed by atoms with Crippen LogP contribution < -0.4 is 4.74 Å². The topological polar surface area (TPSA) is 39.4 Å². The highest BCUT2D eigenvalue weighted by Crippen LogP contribution is 2.45. The van der Waals surface area contributed by atoms with Gasteiger partial charge in [-0.2, -0.15) is 0 Å². The number of carbonyl (C=O) groups excluding carboxylic acids is 1. The van der Waals surface area contributed by atoms with Crippen molar-refractivity contribution < 1.29 is 13.9 Å². The molecule has 2 aromatic rings. The number of ether oxygens (including phenoxy) is 1. The molecule has 2 rings (SSSR count). The fourth-order valence-electron chi connectivity index (χ4n) is 3.70. The Balaban J connectivity index is 2.56. The van der Waals surface area contributed by atoms with Crippen LogP contribution in [0.15, 0.2) is 22.6 Å². The standard InChI is InChI=1S/C26H38O3/c1-9-10-11-12-13-14-15-19-16-20-22(29-19)17-21(25(3,4)5)24(28-18(2)27)23(20)26(6,7)8/h14-17H,9-13H2,1-8H3/b15-14+. The summed E-state index contributed by atoms with van der Waals surface area (Å²) in [4.78, 5) is 11.9. The molecular formula is C26H38O3. The molecule has 0 saturated carbocycles. The van der Waals surface area contributed by atoms with Gasteiger partial charge in [-0.15, -0.1) is 0 Å². The number of allylic oxidation sites excluding steroid dienone is 1. The second-order valence-electron chi connectivity index (χ2n) is 10.0. The third-order valence-electron chi connectivity index (χ3n) is 5.11. The van der Waals surface area contributed by atoms with E-state index < -0.39 is 0 Å². The van der Waals surface area contributed by atoms with Crippen molar-refractivity contribution in [1.29, 1.82) is 0 Å². The van der Waals surface area contributed by atoms with Crippen molar-refractivity contribution >= 4 is 23.0 Å². The third-order valence-corrected chi connectivity index (χ3v) is 5.11. The summed E-state index contributed by atoms with van der Waals surface area (Å²) >= 11 is 0. The lowest BCUT2D eigenvalue weighted by molar-refractivity contribution is -0.132. The Hall–Kier alpha value is -2.03. The normalized spacial score (nSPS) is 12.8. The average Bonchev–Trinajstić information content (AvgIpc) is 2.96. The molecule has 160 valence electrons. The van der Waals surface area contributed by atoms with Crippen LogP contribution in [0, 0.1) is 0 Å². The van der Waals surface area contributed by atoms with E-state index in [1.54, 1.807) is 0 Å². The van der Waals surface area contributed by atoms with E-state index in [1.165, 1.54) is 32.6 Å². The van der Waals surface area contributed by atoms with Gasteiger partial charge >= 0.3 is 5.97 Å². The molecule has 0 aliphatic rings. The Labute approximate surface area is 176 Å². The highest BCUT2D eigenvalue weighted by atomic mass is 16.5. The molecule has 29 heavy (non-hydrogen) atoms. The van der Waals surface area contributed by atoms with Gasteiger partial charge < -0.3 is 9.15 Å². The maximum Gasteiger partial charge on any atom is 0.308 e. The van der Waals surface area contributed by atoms with Gasteiger partial charge in [0.25, 0.3) is 0 Å². The van der Waals surface area contributed by atoms with Crippen LogP contribution in [0.4, 0.5) is 0 Å². The summed E-state index contributed by atoms with van der Waals surface area (Å²) in [5.74, 6) is 1.23. The third kappa shape index (κ3) is 5.98. The smallest absolute Gasteiger partial charge is 0.308 e. The number of fused-ring (bicyclic) bond motifs is 1. The zero-order valence-electron chi connectivity index (χ0n) is 19.6. The first-order valence-corrected chi connectivity index (χ1v) is 10.9. The summed E-state index contributed by atoms with van der Waals surface area (Å²) < 4.78 is 12.0. The van der Waals surface area contributed by atoms with Crippen molar-refractivity contribution in [1.82, 2.24) is 0 Å². The molecule has 0 aliphatic heterocycles. The molecule has 3 heteroatoms. The van der Waals surface area contributed by atoms with Gasteiger partial charge in [0.2, 0.25) is 0 Å². The lowest BCUT2D eigenvalue weighted by atomic mass is 9.78. The largest absolute Gasteiger partial charge is 0.457 e. The van der Waals surface area contributed by atoms with Gasteiger partial charge in [0.15, 0.2) is 0 Å². The highest BCUT2D eigenvalue weighted by Gasteiger charge is 2.31. The van der Waals surface area contributed by atoms with Crippen LogP contribution in [-0.4, -0.2) is 5.97 Å². The van der Waals surface area contributed by atoms with E-state index in [2.05, 4.69) is 66.7 Å². The predicted octanol–water partition coefficient (Wildman–Crippen LogP) is 7.94. The molecular weight excluding hydrogens is 360 g/mol. The van der Waals surface area contributed by atoms with Crippen molar-refractivity contribution in [2.24, 2.45) is 0 Å². The minimum atomic E-state index is -0.295. The predicted molar refractivity (Wildman–Crippen MR) is 123 cm³/mol. The average molecular weight is 399 g/mol. The van der Waals surface area contributed by atoms with E-state index >= 15 is 0 Å². The summed E-state index contributed by atoms with van der Waals surface area (Å²) in [6, 6.07) is 4.12. The number of hydrogen-bond acceptors (Lipinski definition) is 3. The van der Waals surface area contributed by atoms with Gasteiger partial charge in [-0.3, -0.25) is 4.79 Å². The molecule has 1 heterocycles. The van der Waals surface area contributed by atoms with Crippen LogP contribution in [0.3, 0.4) is 0 Å². The zero-order chi connectivity index (χ0) is 21.8. The van der Waals surface area contributed by atoms with E-state index in [-0.39, 0.29) is 16.8 Å². The second kappa shape index (κ2) is 9.19. The van der Waals surface area contributed by atoms with Gasteiger partial charge in [-0.25, -0.2) is 0 Å². The summed E-state index contributed by atoms with van der Waals surface area (Å²) in [5, 5.41) is 1.02. The molecule has 0 aliphatic carbocycles. The van der Waals surface area contributed by atoms with Crippen molar-refractivity contribution in [3.63, 3.8) is 0 Å². The van der Waals surface area contributed by atoms with E-state index in [0.29, 0.717) is 5.75 Å². The summed E-state index contributed by atoms with van der Waals surface area (Å²) in [6.07, 6.45) is 10.4. The van der Waals surface area contributed by atoms with Crippen molar-refractivity contribution in [2.45, 2.75) is 98.3 Å². The molecule has 0 amide bonds. The van der Waals surface area contributed by atoms with Crippen LogP contribution in [0.2, 0.25) is 0 Å². The minimum Gasteiger partial charge on any atom is -0.457 e. The number of hydrogen-bond donors (Lipinski definition) is 0. The Bertz CT molecular complexity index is 870. The Kier molecular flexibility index (Phi) is 7.37. The molecule has 0 unspecified atom stereocenters. The van der Waals surface area contributed by atoms with Crippen molar-refractivity contribution in [3.8, 4) is 5.75 Å². The second-order valence-corrected chi connectivity index (χ2v) is 10.0. The molecule has 0 bridgehead atoms. The van der Waals surface area contributed by atoms with E-state index in [1.807, 2.05) is 6.07 Å². The van der Waals surface area contributed by atoms with Gasteiger partial charge in [-0.1, -0.05) is 73.8 Å². The first-order valence-electron chi connectivity index (χ1n) is 10.9. The van der Waals surface area contributed by atoms with Crippen LogP contribution in [0.1, 0.15) is 104 Å². The Morgan fingerprint density at radius 3 is 2.28 bits per heavy atom. The number of carbonyl (C=O) groups is 1. The summed E-state index contributed by atoms with van der Waals surface area (Å²) in [7, 11) is 0. The molecule has 3 nitrogen and oxygen atoms in total. The lowest BCUT2D eigenvalue weighted by Gasteiger charge is -2.29. The first-order chi connectivity index (χ1) is 13.4. The fraction of sp³-hybridized carbons (Fsp3) is 0.577. The lowest BCUT2D eigenvalue weighted by Crippen LogP contribution is -2.21. The highest BCUT2D eigenvalue weighted by molar-refractivity contribution is 5.89. The van der Waals surface area contributed by atoms with Gasteiger partial charge in [0, 0.05) is 23.4 Å². The van der Waals surface area contributed by atoms with Crippen LogP contribution in [0.25, 0.3) is 17.0 Å². The molecule has 1 aromatic carbocycles. The SMILES string of the molecule is CCCCCC/C=C/c1cc2c(C(C)(C)C)c(OC(C)=O)c(C(C)(C)C)cc2o1. The van der Waals surface area contributed by atoms with Gasteiger partial charge in [0.05, 0.1) is 0 Å². The van der Waals surface area contributed by atoms with Gasteiger partial charge in [-0.05, 0) is 41.9 Å². The molecule has 0 spiro atoms. The molecule has 0 radical (unpaired) electrons. The molecule has 0 fully saturated rings. The van der Waals surface area contributed by atoms with Gasteiger partial charge in [0.1, 0.15) is 17.1 Å². The van der Waals surface area contributed by atoms with Crippen LogP contribution in [-0.2, 0) is 15.6 Å². The Morgan fingerprint density at radius 2 is 1.72 bits per heavy atom. The monoisotopic (exact) mass is 398 g/mol. The summed E-state index contributed by atoms with van der Waals surface area (Å²) in [6.45, 7) is 16.5. The fourth-order valence-corrected chi connectivity index (χ4v) is 3.70. The number of furan rings is 1. The van der Waals surface area contributed by atoms with Crippen LogP contribution >= 0.6 is 0 Å². The first kappa shape index (κ1) is 23.3. The molecule has 0 atom stereocenters. The zero-order valence-corrected chi connectivity index (χ0v) is 19.6. The number of unbranched alkanes of at least 4 members (excludes halogenated alkanes) is 4. The number of benzene rings is 1. The quantitative estimate of drug-likeness (QED) is 0.270.